The van der Waals surface area contributed by atoms with E-state index in [0.29, 0.717) is 0 Å². The van der Waals surface area contributed by atoms with Crippen molar-refractivity contribution in [1.82, 2.24) is 9.55 Å². The van der Waals surface area contributed by atoms with Crippen molar-refractivity contribution < 1.29 is 23.8 Å². The molecule has 0 radical (unpaired) electrons. The number of esters is 1. The highest BCUT2D eigenvalue weighted by Gasteiger charge is 2.25. The minimum atomic E-state index is -0.939. The second-order valence-corrected chi connectivity index (χ2v) is 6.71. The summed E-state index contributed by atoms with van der Waals surface area (Å²) in [6.07, 6.45) is 1.42. The first-order chi connectivity index (χ1) is 15.4. The molecule has 9 heteroatoms. The fourth-order valence-electron chi connectivity index (χ4n) is 3.30. The number of pyridine rings is 2. The number of hydrogen-bond donors (Lipinski definition) is 2. The van der Waals surface area contributed by atoms with E-state index in [9.17, 15) is 23.9 Å². The van der Waals surface area contributed by atoms with Crippen LogP contribution in [0.2, 0.25) is 0 Å². The fourth-order valence-corrected chi connectivity index (χ4v) is 3.30. The Morgan fingerprint density at radius 1 is 1.06 bits per heavy atom. The van der Waals surface area contributed by atoms with Crippen molar-refractivity contribution in [1.29, 1.82) is 0 Å². The van der Waals surface area contributed by atoms with E-state index >= 15 is 0 Å². The average molecular weight is 433 g/mol. The zero-order valence-corrected chi connectivity index (χ0v) is 16.7. The van der Waals surface area contributed by atoms with Crippen LogP contribution in [0.3, 0.4) is 0 Å². The van der Waals surface area contributed by atoms with Gasteiger partial charge in [-0.25, -0.2) is 14.2 Å². The first-order valence-corrected chi connectivity index (χ1v) is 9.39. The number of nitrogens with one attached hydrogen (secondary N) is 1. The molecule has 2 N–H and O–H groups in total. The summed E-state index contributed by atoms with van der Waals surface area (Å²) in [5, 5.41) is 13.4. The number of aromatic hydroxyl groups is 1. The summed E-state index contributed by atoms with van der Waals surface area (Å²) in [4.78, 5) is 42.5. The molecule has 0 atom stereocenters. The lowest BCUT2D eigenvalue weighted by molar-refractivity contribution is 0.0602. The van der Waals surface area contributed by atoms with Gasteiger partial charge < -0.3 is 15.2 Å². The number of halogens is 1. The van der Waals surface area contributed by atoms with E-state index < -0.39 is 34.6 Å². The molecule has 0 spiro atoms. The van der Waals surface area contributed by atoms with Crippen LogP contribution in [0.5, 0.6) is 5.75 Å². The van der Waals surface area contributed by atoms with Crippen molar-refractivity contribution in [3.8, 4) is 11.4 Å². The summed E-state index contributed by atoms with van der Waals surface area (Å²) >= 11 is 0. The van der Waals surface area contributed by atoms with Crippen molar-refractivity contribution in [3.05, 3.63) is 94.2 Å². The molecule has 1 amide bonds. The average Bonchev–Trinajstić information content (AvgIpc) is 2.80. The summed E-state index contributed by atoms with van der Waals surface area (Å²) in [7, 11) is 1.20. The quantitative estimate of drug-likeness (QED) is 0.478. The number of fused-ring (bicyclic) bond motifs is 1. The van der Waals surface area contributed by atoms with E-state index in [1.165, 1.54) is 49.7 Å². The summed E-state index contributed by atoms with van der Waals surface area (Å²) < 4.78 is 19.2. The molecule has 2 heterocycles. The number of carbonyl (C=O) groups excluding carboxylic acids is 2. The molecule has 0 aliphatic heterocycles. The Hall–Kier alpha value is -4.53. The summed E-state index contributed by atoms with van der Waals surface area (Å²) in [5.74, 6) is -2.69. The van der Waals surface area contributed by atoms with Gasteiger partial charge in [-0.1, -0.05) is 12.1 Å². The SMILES string of the molecule is COC(=O)c1ccccc1NC(=O)c1c(O)c2cccnc2n(-c2ccc(F)cc2)c1=O. The molecule has 32 heavy (non-hydrogen) atoms. The van der Waals surface area contributed by atoms with E-state index in [2.05, 4.69) is 10.3 Å². The number of nitrogens with zero attached hydrogens (tertiary/aromatic N) is 2. The van der Waals surface area contributed by atoms with Gasteiger partial charge in [0, 0.05) is 6.20 Å². The molecule has 0 aliphatic carbocycles. The van der Waals surface area contributed by atoms with Crippen LogP contribution in [-0.2, 0) is 4.74 Å². The van der Waals surface area contributed by atoms with Gasteiger partial charge in [-0.3, -0.25) is 14.2 Å². The molecule has 4 aromatic rings. The van der Waals surface area contributed by atoms with Gasteiger partial charge in [-0.2, -0.15) is 0 Å². The second-order valence-electron chi connectivity index (χ2n) is 6.71. The van der Waals surface area contributed by atoms with E-state index in [1.54, 1.807) is 12.1 Å². The molecule has 0 aliphatic rings. The predicted octanol–water partition coefficient (Wildman–Crippen LogP) is 3.27. The van der Waals surface area contributed by atoms with Gasteiger partial charge in [0.2, 0.25) is 0 Å². The molecule has 8 nitrogen and oxygen atoms in total. The molecule has 0 fully saturated rings. The van der Waals surface area contributed by atoms with Gasteiger partial charge in [0.05, 0.1) is 29.4 Å². The monoisotopic (exact) mass is 433 g/mol. The van der Waals surface area contributed by atoms with E-state index in [0.717, 1.165) is 16.7 Å². The van der Waals surface area contributed by atoms with Crippen molar-refractivity contribution >= 4 is 28.6 Å². The summed E-state index contributed by atoms with van der Waals surface area (Å²) in [5.41, 5.74) is -0.910. The molecule has 2 aromatic heterocycles. The maximum absolute atomic E-state index is 13.4. The van der Waals surface area contributed by atoms with Gasteiger partial charge in [0.25, 0.3) is 11.5 Å². The van der Waals surface area contributed by atoms with Crippen molar-refractivity contribution in [3.63, 3.8) is 0 Å². The molecule has 0 unspecified atom stereocenters. The molecular formula is C23H16FN3O5. The van der Waals surface area contributed by atoms with Crippen LogP contribution in [0.25, 0.3) is 16.7 Å². The first kappa shape index (κ1) is 20.7. The second kappa shape index (κ2) is 8.31. The summed E-state index contributed by atoms with van der Waals surface area (Å²) in [6.45, 7) is 0. The van der Waals surface area contributed by atoms with Crippen LogP contribution in [0, 0.1) is 5.82 Å². The van der Waals surface area contributed by atoms with Gasteiger partial charge in [-0.05, 0) is 48.5 Å². The first-order valence-electron chi connectivity index (χ1n) is 9.39. The lowest BCUT2D eigenvalue weighted by Crippen LogP contribution is -2.29. The number of benzene rings is 2. The molecule has 0 bridgehead atoms. The van der Waals surface area contributed by atoms with Crippen LogP contribution in [0.4, 0.5) is 10.1 Å². The highest BCUT2D eigenvalue weighted by molar-refractivity contribution is 6.11. The number of hydrogen-bond acceptors (Lipinski definition) is 6. The molecule has 0 saturated heterocycles. The van der Waals surface area contributed by atoms with Crippen molar-refractivity contribution in [2.45, 2.75) is 0 Å². The number of amides is 1. The van der Waals surface area contributed by atoms with Crippen molar-refractivity contribution in [2.24, 2.45) is 0 Å². The van der Waals surface area contributed by atoms with Crippen LogP contribution in [-0.4, -0.2) is 33.6 Å². The van der Waals surface area contributed by atoms with Crippen LogP contribution in [0.1, 0.15) is 20.7 Å². The Morgan fingerprint density at radius 3 is 2.50 bits per heavy atom. The minimum Gasteiger partial charge on any atom is -0.506 e. The van der Waals surface area contributed by atoms with E-state index in [-0.39, 0.29) is 28.0 Å². The van der Waals surface area contributed by atoms with Gasteiger partial charge in [-0.15, -0.1) is 0 Å². The lowest BCUT2D eigenvalue weighted by atomic mass is 10.1. The summed E-state index contributed by atoms with van der Waals surface area (Å²) in [6, 6.07) is 14.2. The normalized spacial score (nSPS) is 10.7. The zero-order valence-electron chi connectivity index (χ0n) is 16.7. The van der Waals surface area contributed by atoms with Crippen molar-refractivity contribution in [2.75, 3.05) is 12.4 Å². The van der Waals surface area contributed by atoms with E-state index in [1.807, 2.05) is 0 Å². The molecule has 4 rings (SSSR count). The van der Waals surface area contributed by atoms with Gasteiger partial charge >= 0.3 is 5.97 Å². The lowest BCUT2D eigenvalue weighted by Gasteiger charge is -2.15. The number of para-hydroxylation sites is 1. The Bertz CT molecular complexity index is 1410. The highest BCUT2D eigenvalue weighted by atomic mass is 19.1. The van der Waals surface area contributed by atoms with Gasteiger partial charge in [0.15, 0.2) is 5.65 Å². The smallest absolute Gasteiger partial charge is 0.339 e. The number of ether oxygens (including phenoxy) is 1. The molecule has 0 saturated carbocycles. The Balaban J connectivity index is 1.91. The third kappa shape index (κ3) is 3.56. The third-order valence-corrected chi connectivity index (χ3v) is 4.80. The van der Waals surface area contributed by atoms with Crippen LogP contribution >= 0.6 is 0 Å². The number of carbonyl (C=O) groups is 2. The highest BCUT2D eigenvalue weighted by Crippen LogP contribution is 2.28. The largest absolute Gasteiger partial charge is 0.506 e. The predicted molar refractivity (Wildman–Crippen MR) is 115 cm³/mol. The standard InChI is InChI=1S/C23H16FN3O5/c1-32-23(31)15-5-2-3-7-17(15)26-21(29)18-19(28)16-6-4-12-25-20(16)27(22(18)30)14-10-8-13(24)9-11-14/h2-12,28H,1H3,(H,26,29). The molecular weight excluding hydrogens is 417 g/mol. The topological polar surface area (TPSA) is 111 Å². The Morgan fingerprint density at radius 2 is 1.78 bits per heavy atom. The van der Waals surface area contributed by atoms with Gasteiger partial charge in [0.1, 0.15) is 17.1 Å². The third-order valence-electron chi connectivity index (χ3n) is 4.80. The Labute approximate surface area is 180 Å². The maximum Gasteiger partial charge on any atom is 0.339 e. The number of aromatic nitrogens is 2. The zero-order chi connectivity index (χ0) is 22.8. The van der Waals surface area contributed by atoms with E-state index in [4.69, 9.17) is 4.74 Å². The number of anilines is 1. The molecule has 160 valence electrons. The van der Waals surface area contributed by atoms with Crippen LogP contribution in [0.15, 0.2) is 71.7 Å². The Kier molecular flexibility index (Phi) is 5.38. The number of rotatable bonds is 4. The fraction of sp³-hybridized carbons (Fsp3) is 0.0435. The number of methoxy groups -OCH3 is 1. The minimum absolute atomic E-state index is 0.0733. The molecule has 2 aromatic carbocycles. The maximum atomic E-state index is 13.4. The van der Waals surface area contributed by atoms with Crippen LogP contribution < -0.4 is 10.9 Å².